The number of rotatable bonds is 5. The lowest BCUT2D eigenvalue weighted by atomic mass is 10.2. The van der Waals surface area contributed by atoms with Crippen LogP contribution in [0.4, 0.5) is 5.69 Å². The Morgan fingerprint density at radius 1 is 1.59 bits per heavy atom. The zero-order valence-corrected chi connectivity index (χ0v) is 9.25. The minimum Gasteiger partial charge on any atom is -0.481 e. The van der Waals surface area contributed by atoms with E-state index in [0.717, 1.165) is 10.8 Å². The first-order valence-corrected chi connectivity index (χ1v) is 4.99. The Morgan fingerprint density at radius 2 is 2.24 bits per heavy atom. The van der Waals surface area contributed by atoms with Crippen LogP contribution >= 0.6 is 0 Å². The average molecular weight is 240 g/mol. The topological polar surface area (TPSA) is 102 Å². The van der Waals surface area contributed by atoms with Crippen molar-refractivity contribution < 1.29 is 14.8 Å². The summed E-state index contributed by atoms with van der Waals surface area (Å²) < 4.78 is 1.16. The van der Waals surface area contributed by atoms with E-state index < -0.39 is 10.9 Å². The quantitative estimate of drug-likeness (QED) is 0.609. The lowest BCUT2D eigenvalue weighted by Crippen LogP contribution is -2.20. The number of nitrogens with zero attached hydrogens (tertiary/aromatic N) is 2. The van der Waals surface area contributed by atoms with E-state index in [2.05, 4.69) is 0 Å². The van der Waals surface area contributed by atoms with Crippen LogP contribution in [0.15, 0.2) is 17.1 Å². The van der Waals surface area contributed by atoms with Crippen LogP contribution < -0.4 is 5.56 Å². The standard InChI is InChI=1S/C10H12N2O5/c1-7-5-9(13)11(4-2-3-10(14)15)6-8(7)12(16)17/h5-6H,2-4H2,1H3,(H,14,15). The molecule has 0 saturated heterocycles. The number of aryl methyl sites for hydroxylation is 2. The molecule has 7 nitrogen and oxygen atoms in total. The van der Waals surface area contributed by atoms with Crippen LogP contribution in [0.2, 0.25) is 0 Å². The second-order valence-corrected chi connectivity index (χ2v) is 3.63. The SMILES string of the molecule is Cc1cc(=O)n(CCCC(=O)O)cc1[N+](=O)[O-]. The average Bonchev–Trinajstić information content (AvgIpc) is 2.20. The number of aromatic nitrogens is 1. The van der Waals surface area contributed by atoms with E-state index in [-0.39, 0.29) is 30.6 Å². The molecule has 0 saturated carbocycles. The van der Waals surface area contributed by atoms with Crippen molar-refractivity contribution in [2.45, 2.75) is 26.3 Å². The maximum Gasteiger partial charge on any atom is 0.303 e. The molecule has 1 rings (SSSR count). The van der Waals surface area contributed by atoms with Crippen LogP contribution in [0.1, 0.15) is 18.4 Å². The highest BCUT2D eigenvalue weighted by atomic mass is 16.6. The molecule has 1 heterocycles. The van der Waals surface area contributed by atoms with Crippen LogP contribution in [-0.4, -0.2) is 20.6 Å². The van der Waals surface area contributed by atoms with Gasteiger partial charge in [0.15, 0.2) is 0 Å². The molecular formula is C10H12N2O5. The first kappa shape index (κ1) is 12.9. The van der Waals surface area contributed by atoms with E-state index in [0.29, 0.717) is 5.56 Å². The minimum absolute atomic E-state index is 0.0753. The Bertz CT molecular complexity index is 506. The highest BCUT2D eigenvalue weighted by Crippen LogP contribution is 2.14. The summed E-state index contributed by atoms with van der Waals surface area (Å²) in [5.74, 6) is -0.959. The largest absolute Gasteiger partial charge is 0.481 e. The van der Waals surface area contributed by atoms with Crippen molar-refractivity contribution in [1.29, 1.82) is 0 Å². The minimum atomic E-state index is -0.959. The number of carbonyl (C=O) groups is 1. The van der Waals surface area contributed by atoms with E-state index in [9.17, 15) is 19.7 Å². The number of aliphatic carboxylic acids is 1. The summed E-state index contributed by atoms with van der Waals surface area (Å²) in [6.07, 6.45) is 1.34. The fourth-order valence-corrected chi connectivity index (χ4v) is 1.42. The van der Waals surface area contributed by atoms with Gasteiger partial charge in [0, 0.05) is 24.6 Å². The Morgan fingerprint density at radius 3 is 2.76 bits per heavy atom. The highest BCUT2D eigenvalue weighted by molar-refractivity contribution is 5.66. The van der Waals surface area contributed by atoms with Gasteiger partial charge in [-0.25, -0.2) is 0 Å². The molecule has 1 N–H and O–H groups in total. The fourth-order valence-electron chi connectivity index (χ4n) is 1.42. The Hall–Kier alpha value is -2.18. The molecule has 0 bridgehead atoms. The third kappa shape index (κ3) is 3.40. The maximum atomic E-state index is 11.5. The molecule has 7 heteroatoms. The van der Waals surface area contributed by atoms with Gasteiger partial charge >= 0.3 is 5.97 Å². The summed E-state index contributed by atoms with van der Waals surface area (Å²) in [5.41, 5.74) is -0.201. The molecule has 0 spiro atoms. The molecule has 92 valence electrons. The normalized spacial score (nSPS) is 10.2. The van der Waals surface area contributed by atoms with E-state index in [4.69, 9.17) is 5.11 Å². The molecule has 0 radical (unpaired) electrons. The van der Waals surface area contributed by atoms with Crippen molar-refractivity contribution in [2.75, 3.05) is 0 Å². The van der Waals surface area contributed by atoms with Gasteiger partial charge in [-0.1, -0.05) is 0 Å². The Balaban J connectivity index is 2.92. The molecule has 0 aliphatic carbocycles. The summed E-state index contributed by atoms with van der Waals surface area (Å²) in [6.45, 7) is 1.65. The van der Waals surface area contributed by atoms with Crippen molar-refractivity contribution in [3.63, 3.8) is 0 Å². The van der Waals surface area contributed by atoms with Gasteiger partial charge < -0.3 is 9.67 Å². The first-order chi connectivity index (χ1) is 7.91. The molecule has 0 atom stereocenters. The highest BCUT2D eigenvalue weighted by Gasteiger charge is 2.13. The van der Waals surface area contributed by atoms with Crippen molar-refractivity contribution in [3.8, 4) is 0 Å². The Labute approximate surface area is 96.5 Å². The summed E-state index contributed by atoms with van der Waals surface area (Å²) in [7, 11) is 0. The lowest BCUT2D eigenvalue weighted by molar-refractivity contribution is -0.385. The second kappa shape index (κ2) is 5.24. The van der Waals surface area contributed by atoms with Gasteiger partial charge in [-0.3, -0.25) is 19.7 Å². The van der Waals surface area contributed by atoms with Gasteiger partial charge in [0.1, 0.15) is 0 Å². The third-order valence-electron chi connectivity index (χ3n) is 2.29. The van der Waals surface area contributed by atoms with E-state index in [1.165, 1.54) is 13.0 Å². The number of carboxylic acids is 1. The fraction of sp³-hybridized carbons (Fsp3) is 0.400. The van der Waals surface area contributed by atoms with Crippen LogP contribution in [0, 0.1) is 17.0 Å². The molecule has 0 amide bonds. The molecule has 0 aromatic carbocycles. The molecule has 0 aliphatic heterocycles. The molecule has 17 heavy (non-hydrogen) atoms. The lowest BCUT2D eigenvalue weighted by Gasteiger charge is -2.05. The van der Waals surface area contributed by atoms with E-state index in [1.54, 1.807) is 0 Å². The molecular weight excluding hydrogens is 228 g/mol. The summed E-state index contributed by atoms with van der Waals surface area (Å²) >= 11 is 0. The summed E-state index contributed by atoms with van der Waals surface area (Å²) in [6, 6.07) is 1.18. The molecule has 0 unspecified atom stereocenters. The first-order valence-electron chi connectivity index (χ1n) is 4.99. The van der Waals surface area contributed by atoms with E-state index >= 15 is 0 Å². The molecule has 1 aromatic rings. The summed E-state index contributed by atoms with van der Waals surface area (Å²) in [4.78, 5) is 31.9. The van der Waals surface area contributed by atoms with Crippen molar-refractivity contribution in [2.24, 2.45) is 0 Å². The maximum absolute atomic E-state index is 11.5. The predicted molar refractivity (Wildman–Crippen MR) is 59.0 cm³/mol. The molecule has 0 aliphatic rings. The van der Waals surface area contributed by atoms with Gasteiger partial charge in [-0.15, -0.1) is 0 Å². The van der Waals surface area contributed by atoms with Crippen LogP contribution in [0.3, 0.4) is 0 Å². The predicted octanol–water partition coefficient (Wildman–Crippen LogP) is 0.930. The van der Waals surface area contributed by atoms with Crippen LogP contribution in [-0.2, 0) is 11.3 Å². The van der Waals surface area contributed by atoms with Gasteiger partial charge in [-0.2, -0.15) is 0 Å². The van der Waals surface area contributed by atoms with E-state index in [1.807, 2.05) is 0 Å². The van der Waals surface area contributed by atoms with Crippen LogP contribution in [0.25, 0.3) is 0 Å². The number of hydrogen-bond acceptors (Lipinski definition) is 4. The Kier molecular flexibility index (Phi) is 3.97. The number of nitro groups is 1. The van der Waals surface area contributed by atoms with Crippen molar-refractivity contribution >= 4 is 11.7 Å². The van der Waals surface area contributed by atoms with Gasteiger partial charge in [-0.05, 0) is 13.3 Å². The molecule has 0 fully saturated rings. The van der Waals surface area contributed by atoms with Gasteiger partial charge in [0.2, 0.25) is 0 Å². The van der Waals surface area contributed by atoms with Gasteiger partial charge in [0.05, 0.1) is 11.1 Å². The van der Waals surface area contributed by atoms with Gasteiger partial charge in [0.25, 0.3) is 11.2 Å². The number of hydrogen-bond donors (Lipinski definition) is 1. The zero-order valence-electron chi connectivity index (χ0n) is 9.25. The van der Waals surface area contributed by atoms with Crippen molar-refractivity contribution in [3.05, 3.63) is 38.3 Å². The smallest absolute Gasteiger partial charge is 0.303 e. The second-order valence-electron chi connectivity index (χ2n) is 3.63. The third-order valence-corrected chi connectivity index (χ3v) is 2.29. The molecule has 1 aromatic heterocycles. The van der Waals surface area contributed by atoms with Crippen molar-refractivity contribution in [1.82, 2.24) is 4.57 Å². The zero-order chi connectivity index (χ0) is 13.0. The van der Waals surface area contributed by atoms with Crippen LogP contribution in [0.5, 0.6) is 0 Å². The number of carboxylic acid groups (broad SMARTS) is 1. The monoisotopic (exact) mass is 240 g/mol. The summed E-state index contributed by atoms with van der Waals surface area (Å²) in [5, 5.41) is 19.1. The number of pyridine rings is 1.